The number of hydrogen-bond acceptors (Lipinski definition) is 7. The Morgan fingerprint density at radius 2 is 1.79 bits per heavy atom. The number of rotatable bonds is 7. The highest BCUT2D eigenvalue weighted by Crippen LogP contribution is 2.36. The van der Waals surface area contributed by atoms with Crippen molar-refractivity contribution in [1.29, 1.82) is 5.26 Å². The van der Waals surface area contributed by atoms with Gasteiger partial charge in [0, 0.05) is 54.8 Å². The number of pyridine rings is 1. The largest absolute Gasteiger partial charge is 0.493 e. The van der Waals surface area contributed by atoms with Crippen molar-refractivity contribution in [2.24, 2.45) is 0 Å². The number of piperidine rings is 1. The van der Waals surface area contributed by atoms with Crippen LogP contribution in [0.15, 0.2) is 54.9 Å². The molecule has 194 valence electrons. The molecule has 2 aromatic carbocycles. The first-order chi connectivity index (χ1) is 18.5. The van der Waals surface area contributed by atoms with E-state index >= 15 is 0 Å². The fourth-order valence-electron chi connectivity index (χ4n) is 4.81. The van der Waals surface area contributed by atoms with Crippen molar-refractivity contribution < 1.29 is 24.1 Å². The Bertz CT molecular complexity index is 1520. The van der Waals surface area contributed by atoms with Crippen molar-refractivity contribution in [2.45, 2.75) is 18.9 Å². The predicted octanol–water partition coefficient (Wildman–Crippen LogP) is 4.15. The number of likely N-dealkylation sites (tertiary alicyclic amines) is 1. The van der Waals surface area contributed by atoms with Gasteiger partial charge in [0.05, 0.1) is 19.8 Å². The van der Waals surface area contributed by atoms with Crippen molar-refractivity contribution in [3.8, 4) is 45.6 Å². The minimum absolute atomic E-state index is 0.1000. The normalized spacial score (nSPS) is 13.8. The molecule has 0 aliphatic carbocycles. The van der Waals surface area contributed by atoms with E-state index in [-0.39, 0.29) is 12.0 Å². The van der Waals surface area contributed by atoms with Gasteiger partial charge in [-0.1, -0.05) is 12.1 Å². The molecule has 3 heterocycles. The molecule has 0 saturated carbocycles. The minimum Gasteiger partial charge on any atom is -0.493 e. The lowest BCUT2D eigenvalue weighted by Crippen LogP contribution is -2.42. The van der Waals surface area contributed by atoms with Crippen molar-refractivity contribution >= 4 is 16.9 Å². The Morgan fingerprint density at radius 1 is 1.05 bits per heavy atom. The van der Waals surface area contributed by atoms with Crippen LogP contribution in [-0.2, 0) is 4.79 Å². The number of aromatic nitrogens is 2. The van der Waals surface area contributed by atoms with Gasteiger partial charge in [-0.15, -0.1) is 0 Å². The number of nitriles is 1. The minimum atomic E-state index is -0.481. The second-order valence-electron chi connectivity index (χ2n) is 9.07. The second kappa shape index (κ2) is 10.8. The van der Waals surface area contributed by atoms with Crippen LogP contribution in [0, 0.1) is 11.3 Å². The first-order valence-electron chi connectivity index (χ1n) is 12.3. The van der Waals surface area contributed by atoms with Crippen molar-refractivity contribution in [3.63, 3.8) is 0 Å². The SMILES string of the molecule is COc1ccc(-c2cnc3[nH]cc(-c4ccc(OC5CCN(C(=O)CO)CC5)c(C#N)c4)c3c2)cc1OC. The van der Waals surface area contributed by atoms with E-state index in [1.165, 1.54) is 0 Å². The number of H-pyrrole nitrogens is 1. The molecule has 1 aliphatic rings. The molecule has 0 unspecified atom stereocenters. The van der Waals surface area contributed by atoms with Gasteiger partial charge in [-0.2, -0.15) is 5.26 Å². The summed E-state index contributed by atoms with van der Waals surface area (Å²) in [7, 11) is 3.21. The number of benzene rings is 2. The van der Waals surface area contributed by atoms with Gasteiger partial charge in [0.1, 0.15) is 30.2 Å². The summed E-state index contributed by atoms with van der Waals surface area (Å²) in [6, 6.07) is 15.6. The van der Waals surface area contributed by atoms with Gasteiger partial charge in [0.15, 0.2) is 11.5 Å². The lowest BCUT2D eigenvalue weighted by atomic mass is 10.00. The van der Waals surface area contributed by atoms with Crippen molar-refractivity contribution in [2.75, 3.05) is 33.9 Å². The van der Waals surface area contributed by atoms with E-state index in [9.17, 15) is 10.1 Å². The molecule has 38 heavy (non-hydrogen) atoms. The highest BCUT2D eigenvalue weighted by atomic mass is 16.5. The molecule has 1 fully saturated rings. The molecule has 1 saturated heterocycles. The second-order valence-corrected chi connectivity index (χ2v) is 9.07. The fourth-order valence-corrected chi connectivity index (χ4v) is 4.81. The molecular weight excluding hydrogens is 484 g/mol. The summed E-state index contributed by atoms with van der Waals surface area (Å²) in [5.41, 5.74) is 4.84. The molecule has 0 radical (unpaired) electrons. The molecule has 9 heteroatoms. The highest BCUT2D eigenvalue weighted by molar-refractivity contribution is 5.96. The van der Waals surface area contributed by atoms with Crippen LogP contribution in [0.1, 0.15) is 18.4 Å². The summed E-state index contributed by atoms with van der Waals surface area (Å²) in [5.74, 6) is 1.54. The Balaban J connectivity index is 1.41. The standard InChI is InChI=1S/C29H28N4O5/c1-36-26-6-3-18(13-27(26)37-2)21-12-23-24(16-32-29(23)31-15-21)19-4-5-25(20(11-19)14-30)38-22-7-9-33(10-8-22)28(35)17-34/h3-6,11-13,15-16,22,34H,7-10,17H2,1-2H3,(H,31,32). The van der Waals surface area contributed by atoms with E-state index < -0.39 is 6.61 Å². The number of nitrogens with one attached hydrogen (secondary N) is 1. The zero-order chi connectivity index (χ0) is 26.6. The maximum absolute atomic E-state index is 11.7. The summed E-state index contributed by atoms with van der Waals surface area (Å²) < 4.78 is 17.0. The molecule has 2 N–H and O–H groups in total. The number of aliphatic hydroxyl groups is 1. The first kappa shape index (κ1) is 25.1. The van der Waals surface area contributed by atoms with Gasteiger partial charge in [-0.3, -0.25) is 4.79 Å². The summed E-state index contributed by atoms with van der Waals surface area (Å²) in [5, 5.41) is 19.9. The lowest BCUT2D eigenvalue weighted by molar-refractivity contribution is -0.135. The smallest absolute Gasteiger partial charge is 0.248 e. The van der Waals surface area contributed by atoms with Gasteiger partial charge in [0.25, 0.3) is 0 Å². The number of carbonyl (C=O) groups excluding carboxylic acids is 1. The van der Waals surface area contributed by atoms with Crippen molar-refractivity contribution in [1.82, 2.24) is 14.9 Å². The average molecular weight is 513 g/mol. The van der Waals surface area contributed by atoms with Gasteiger partial charge >= 0.3 is 0 Å². The zero-order valence-electron chi connectivity index (χ0n) is 21.2. The number of methoxy groups -OCH3 is 2. The predicted molar refractivity (Wildman–Crippen MR) is 142 cm³/mol. The molecule has 0 bridgehead atoms. The van der Waals surface area contributed by atoms with E-state index in [4.69, 9.17) is 19.3 Å². The monoisotopic (exact) mass is 512 g/mol. The van der Waals surface area contributed by atoms with E-state index in [0.717, 1.165) is 33.3 Å². The van der Waals surface area contributed by atoms with E-state index in [2.05, 4.69) is 22.1 Å². The van der Waals surface area contributed by atoms with Crippen LogP contribution in [0.5, 0.6) is 17.2 Å². The zero-order valence-corrected chi connectivity index (χ0v) is 21.2. The first-order valence-corrected chi connectivity index (χ1v) is 12.3. The van der Waals surface area contributed by atoms with Crippen LogP contribution < -0.4 is 14.2 Å². The Morgan fingerprint density at radius 3 is 2.50 bits per heavy atom. The van der Waals surface area contributed by atoms with Crippen LogP contribution >= 0.6 is 0 Å². The maximum atomic E-state index is 11.7. The van der Waals surface area contributed by atoms with E-state index in [1.54, 1.807) is 25.3 Å². The number of aliphatic hydroxyl groups excluding tert-OH is 1. The summed E-state index contributed by atoms with van der Waals surface area (Å²) in [6.07, 6.45) is 4.88. The third-order valence-corrected chi connectivity index (χ3v) is 6.88. The molecule has 1 aliphatic heterocycles. The molecule has 9 nitrogen and oxygen atoms in total. The number of ether oxygens (including phenoxy) is 3. The third-order valence-electron chi connectivity index (χ3n) is 6.88. The fraction of sp³-hybridized carbons (Fsp3) is 0.276. The Kier molecular flexibility index (Phi) is 7.15. The van der Waals surface area contributed by atoms with E-state index in [0.29, 0.717) is 48.7 Å². The molecule has 5 rings (SSSR count). The lowest BCUT2D eigenvalue weighted by Gasteiger charge is -2.32. The van der Waals surface area contributed by atoms with Crippen LogP contribution in [-0.4, -0.2) is 65.9 Å². The van der Waals surface area contributed by atoms with Gasteiger partial charge in [-0.25, -0.2) is 4.98 Å². The number of amides is 1. The molecule has 1 amide bonds. The number of aromatic amines is 1. The topological polar surface area (TPSA) is 121 Å². The molecule has 2 aromatic heterocycles. The van der Waals surface area contributed by atoms with Crippen LogP contribution in [0.25, 0.3) is 33.3 Å². The quantitative estimate of drug-likeness (QED) is 0.382. The third kappa shape index (κ3) is 4.86. The molecule has 0 atom stereocenters. The van der Waals surface area contributed by atoms with Gasteiger partial charge in [0.2, 0.25) is 5.91 Å². The summed E-state index contributed by atoms with van der Waals surface area (Å²) >= 11 is 0. The van der Waals surface area contributed by atoms with E-state index in [1.807, 2.05) is 42.6 Å². The average Bonchev–Trinajstić information content (AvgIpc) is 3.40. The van der Waals surface area contributed by atoms with Gasteiger partial charge < -0.3 is 29.2 Å². The van der Waals surface area contributed by atoms with Crippen LogP contribution in [0.2, 0.25) is 0 Å². The highest BCUT2D eigenvalue weighted by Gasteiger charge is 2.24. The number of nitrogens with zero attached hydrogens (tertiary/aromatic N) is 3. The molecular formula is C29H28N4O5. The van der Waals surface area contributed by atoms with Gasteiger partial charge in [-0.05, 0) is 41.5 Å². The summed E-state index contributed by atoms with van der Waals surface area (Å²) in [4.78, 5) is 21.2. The number of hydrogen-bond donors (Lipinski definition) is 2. The van der Waals surface area contributed by atoms with Crippen LogP contribution in [0.3, 0.4) is 0 Å². The van der Waals surface area contributed by atoms with Crippen molar-refractivity contribution in [3.05, 3.63) is 60.4 Å². The molecule has 0 spiro atoms. The number of fused-ring (bicyclic) bond motifs is 1. The number of carbonyl (C=O) groups is 1. The van der Waals surface area contributed by atoms with Crippen LogP contribution in [0.4, 0.5) is 0 Å². The molecule has 4 aromatic rings. The summed E-state index contributed by atoms with van der Waals surface area (Å²) in [6.45, 7) is 0.564. The maximum Gasteiger partial charge on any atom is 0.248 e. The Labute approximate surface area is 220 Å². The Hall–Kier alpha value is -4.55.